The van der Waals surface area contributed by atoms with Crippen molar-refractivity contribution in [3.8, 4) is 0 Å². The summed E-state index contributed by atoms with van der Waals surface area (Å²) in [4.78, 5) is 10.3. The van der Waals surface area contributed by atoms with Gasteiger partial charge in [-0.05, 0) is 13.3 Å². The Hall–Kier alpha value is -1.18. The summed E-state index contributed by atoms with van der Waals surface area (Å²) in [5.74, 6) is 0.750. The van der Waals surface area contributed by atoms with Crippen molar-refractivity contribution in [2.24, 2.45) is 4.99 Å². The Morgan fingerprint density at radius 3 is 2.83 bits per heavy atom. The lowest BCUT2D eigenvalue weighted by Gasteiger charge is -2.30. The number of aliphatic hydroxyl groups is 1. The number of ether oxygens (including phenoxy) is 1. The largest absolute Gasteiger partial charge is 0.388 e. The average Bonchev–Trinajstić information content (AvgIpc) is 3.01. The first-order valence-electron chi connectivity index (χ1n) is 8.41. The Balaban J connectivity index is 1.81. The fourth-order valence-corrected chi connectivity index (χ4v) is 3.25. The van der Waals surface area contributed by atoms with Gasteiger partial charge in [-0.3, -0.25) is 4.99 Å². The average molecular weight is 340 g/mol. The lowest BCUT2D eigenvalue weighted by atomic mass is 9.95. The molecule has 1 aromatic heterocycles. The fraction of sp³-hybridized carbons (Fsp3) is 0.750. The molecular weight excluding hydrogens is 312 g/mol. The van der Waals surface area contributed by atoms with Gasteiger partial charge in [0, 0.05) is 56.6 Å². The molecule has 23 heavy (non-hydrogen) atoms. The normalized spacial score (nSPS) is 18.0. The van der Waals surface area contributed by atoms with Crippen LogP contribution in [0.15, 0.2) is 11.2 Å². The van der Waals surface area contributed by atoms with E-state index in [1.807, 2.05) is 13.1 Å². The van der Waals surface area contributed by atoms with Gasteiger partial charge >= 0.3 is 0 Å². The maximum absolute atomic E-state index is 10.5. The van der Waals surface area contributed by atoms with Crippen LogP contribution in [0.25, 0.3) is 0 Å². The van der Waals surface area contributed by atoms with Gasteiger partial charge in [0.1, 0.15) is 0 Å². The summed E-state index contributed by atoms with van der Waals surface area (Å²) in [5, 5.41) is 18.2. The van der Waals surface area contributed by atoms with E-state index in [9.17, 15) is 5.11 Å². The van der Waals surface area contributed by atoms with Gasteiger partial charge in [-0.1, -0.05) is 6.92 Å². The van der Waals surface area contributed by atoms with Gasteiger partial charge < -0.3 is 20.5 Å². The van der Waals surface area contributed by atoms with Gasteiger partial charge in [-0.15, -0.1) is 11.3 Å². The number of rotatable bonds is 7. The van der Waals surface area contributed by atoms with Gasteiger partial charge in [-0.25, -0.2) is 4.98 Å². The van der Waals surface area contributed by atoms with Crippen molar-refractivity contribution in [3.63, 3.8) is 0 Å². The molecule has 0 saturated carbocycles. The monoisotopic (exact) mass is 340 g/mol. The molecule has 2 rings (SSSR count). The highest BCUT2D eigenvalue weighted by atomic mass is 32.1. The first-order valence-corrected chi connectivity index (χ1v) is 9.23. The Labute approximate surface area is 142 Å². The van der Waals surface area contributed by atoms with Crippen LogP contribution in [0, 0.1) is 0 Å². The van der Waals surface area contributed by atoms with Crippen molar-refractivity contribution in [3.05, 3.63) is 16.1 Å². The minimum Gasteiger partial charge on any atom is -0.388 e. The van der Waals surface area contributed by atoms with Crippen LogP contribution in [0.5, 0.6) is 0 Å². The van der Waals surface area contributed by atoms with Crippen LogP contribution in [0.4, 0.5) is 0 Å². The van der Waals surface area contributed by atoms with Crippen LogP contribution in [0.3, 0.4) is 0 Å². The zero-order chi connectivity index (χ0) is 16.5. The van der Waals surface area contributed by atoms with E-state index in [0.717, 1.165) is 36.9 Å². The molecule has 1 aromatic rings. The molecule has 0 atom stereocenters. The molecule has 3 N–H and O–H groups in total. The third-order valence-corrected chi connectivity index (χ3v) is 5.08. The molecule has 1 saturated heterocycles. The number of thiazole rings is 1. The molecule has 6 nitrogen and oxygen atoms in total. The van der Waals surface area contributed by atoms with Gasteiger partial charge in [-0.2, -0.15) is 0 Å². The standard InChI is InChI=1S/C16H28N4O2S/c1-3-13-11-19-14(23-13)5-8-18-15(17-4-2)20-12-16(21)6-9-22-10-7-16/h11,21H,3-10,12H2,1-2H3,(H2,17,18,20). The summed E-state index contributed by atoms with van der Waals surface area (Å²) in [7, 11) is 0. The molecule has 130 valence electrons. The Kier molecular flexibility index (Phi) is 7.26. The third-order valence-electron chi connectivity index (χ3n) is 3.88. The topological polar surface area (TPSA) is 78.8 Å². The highest BCUT2D eigenvalue weighted by Gasteiger charge is 2.29. The number of aromatic nitrogens is 1. The van der Waals surface area contributed by atoms with Gasteiger partial charge in [0.15, 0.2) is 5.96 Å². The molecule has 0 unspecified atom stereocenters. The van der Waals surface area contributed by atoms with Crippen LogP contribution >= 0.6 is 11.3 Å². The van der Waals surface area contributed by atoms with E-state index in [2.05, 4.69) is 27.5 Å². The van der Waals surface area contributed by atoms with Crippen molar-refractivity contribution < 1.29 is 9.84 Å². The van der Waals surface area contributed by atoms with Crippen molar-refractivity contribution in [2.45, 2.75) is 45.1 Å². The lowest BCUT2D eigenvalue weighted by molar-refractivity contribution is -0.0565. The number of nitrogens with zero attached hydrogens (tertiary/aromatic N) is 2. The molecule has 2 heterocycles. The number of hydrogen-bond acceptors (Lipinski definition) is 5. The Morgan fingerprint density at radius 2 is 2.17 bits per heavy atom. The maximum atomic E-state index is 10.5. The number of nitrogens with one attached hydrogen (secondary N) is 2. The minimum absolute atomic E-state index is 0.406. The number of aryl methyl sites for hydroxylation is 1. The number of aliphatic imine (C=N–C) groups is 1. The summed E-state index contributed by atoms with van der Waals surface area (Å²) >= 11 is 1.77. The first-order chi connectivity index (χ1) is 11.1. The molecule has 0 radical (unpaired) electrons. The number of hydrogen-bond donors (Lipinski definition) is 3. The molecule has 7 heteroatoms. The fourth-order valence-electron chi connectivity index (χ4n) is 2.39. The van der Waals surface area contributed by atoms with Crippen molar-refractivity contribution >= 4 is 17.3 Å². The van der Waals surface area contributed by atoms with E-state index in [1.54, 1.807) is 11.3 Å². The Bertz CT molecular complexity index is 498. The van der Waals surface area contributed by atoms with Crippen LogP contribution in [-0.4, -0.2) is 54.5 Å². The number of guanidine groups is 1. The Morgan fingerprint density at radius 1 is 1.39 bits per heavy atom. The second kappa shape index (κ2) is 9.20. The zero-order valence-electron chi connectivity index (χ0n) is 14.1. The quantitative estimate of drug-likeness (QED) is 0.516. The van der Waals surface area contributed by atoms with Crippen LogP contribution in [0.2, 0.25) is 0 Å². The van der Waals surface area contributed by atoms with Gasteiger partial charge in [0.2, 0.25) is 0 Å². The van der Waals surface area contributed by atoms with E-state index in [0.29, 0.717) is 32.6 Å². The van der Waals surface area contributed by atoms with E-state index in [-0.39, 0.29) is 0 Å². The summed E-state index contributed by atoms with van der Waals surface area (Å²) in [5.41, 5.74) is -0.730. The van der Waals surface area contributed by atoms with E-state index in [4.69, 9.17) is 4.74 Å². The van der Waals surface area contributed by atoms with Crippen LogP contribution in [0.1, 0.15) is 36.6 Å². The van der Waals surface area contributed by atoms with Gasteiger partial charge in [0.25, 0.3) is 0 Å². The van der Waals surface area contributed by atoms with E-state index < -0.39 is 5.60 Å². The molecule has 0 amide bonds. The van der Waals surface area contributed by atoms with E-state index in [1.165, 1.54) is 4.88 Å². The van der Waals surface area contributed by atoms with Crippen molar-refractivity contribution in [1.29, 1.82) is 0 Å². The lowest BCUT2D eigenvalue weighted by Crippen LogP contribution is -2.43. The molecule has 1 aliphatic rings. The van der Waals surface area contributed by atoms with E-state index >= 15 is 0 Å². The maximum Gasteiger partial charge on any atom is 0.191 e. The predicted molar refractivity (Wildman–Crippen MR) is 94.2 cm³/mol. The minimum atomic E-state index is -0.730. The highest BCUT2D eigenvalue weighted by Crippen LogP contribution is 2.20. The SMILES string of the molecule is CCNC(=NCC1(O)CCOCC1)NCCc1ncc(CC)s1. The van der Waals surface area contributed by atoms with Crippen molar-refractivity contribution in [2.75, 3.05) is 32.8 Å². The summed E-state index contributed by atoms with van der Waals surface area (Å²) < 4.78 is 5.30. The molecule has 0 spiro atoms. The highest BCUT2D eigenvalue weighted by molar-refractivity contribution is 7.11. The van der Waals surface area contributed by atoms with Crippen LogP contribution in [-0.2, 0) is 17.6 Å². The molecule has 0 aromatic carbocycles. The predicted octanol–water partition coefficient (Wildman–Crippen LogP) is 1.34. The summed E-state index contributed by atoms with van der Waals surface area (Å²) in [6, 6.07) is 0. The summed E-state index contributed by atoms with van der Waals surface area (Å²) in [6.07, 6.45) is 5.17. The first kappa shape index (κ1) is 18.2. The molecular formula is C16H28N4O2S. The smallest absolute Gasteiger partial charge is 0.191 e. The molecule has 1 aliphatic heterocycles. The summed E-state index contributed by atoms with van der Waals surface area (Å²) in [6.45, 7) is 7.39. The second-order valence-electron chi connectivity index (χ2n) is 5.78. The van der Waals surface area contributed by atoms with Crippen LogP contribution < -0.4 is 10.6 Å². The second-order valence-corrected chi connectivity index (χ2v) is 6.98. The molecule has 1 fully saturated rings. The zero-order valence-corrected chi connectivity index (χ0v) is 14.9. The molecule has 0 aliphatic carbocycles. The van der Waals surface area contributed by atoms with Gasteiger partial charge in [0.05, 0.1) is 17.2 Å². The third kappa shape index (κ3) is 6.08. The van der Waals surface area contributed by atoms with Crippen molar-refractivity contribution in [1.82, 2.24) is 15.6 Å². The molecule has 0 bridgehead atoms.